The van der Waals surface area contributed by atoms with Crippen LogP contribution in [0.2, 0.25) is 0 Å². The van der Waals surface area contributed by atoms with Crippen molar-refractivity contribution in [2.45, 2.75) is 6.04 Å². The van der Waals surface area contributed by atoms with Gasteiger partial charge in [0.05, 0.1) is 7.11 Å². The number of hydrogen-bond donors (Lipinski definition) is 5. The van der Waals surface area contributed by atoms with Gasteiger partial charge in [0.2, 0.25) is 5.95 Å². The van der Waals surface area contributed by atoms with Crippen LogP contribution in [0.25, 0.3) is 0 Å². The van der Waals surface area contributed by atoms with E-state index >= 15 is 4.39 Å². The summed E-state index contributed by atoms with van der Waals surface area (Å²) in [4.78, 5) is 8.00. The van der Waals surface area contributed by atoms with E-state index in [0.717, 1.165) is 0 Å². The molecule has 0 aliphatic carbocycles. The fourth-order valence-corrected chi connectivity index (χ4v) is 2.93. The van der Waals surface area contributed by atoms with Crippen molar-refractivity contribution >= 4 is 23.3 Å². The number of nitrogens with two attached hydrogens (primary N) is 2. The van der Waals surface area contributed by atoms with Crippen LogP contribution in [-0.4, -0.2) is 42.0 Å². The number of alkyl halides is 1. The summed E-state index contributed by atoms with van der Waals surface area (Å²) in [6, 6.07) is 9.94. The Labute approximate surface area is 194 Å². The van der Waals surface area contributed by atoms with E-state index in [2.05, 4.69) is 25.8 Å². The molecule has 0 aliphatic heterocycles. The van der Waals surface area contributed by atoms with E-state index in [1.165, 1.54) is 31.6 Å². The number of rotatable bonds is 11. The summed E-state index contributed by atoms with van der Waals surface area (Å²) in [6.45, 7) is -1.12. The van der Waals surface area contributed by atoms with E-state index in [9.17, 15) is 4.39 Å². The number of hydrogen-bond acceptors (Lipinski definition) is 8. The van der Waals surface area contributed by atoms with Crippen LogP contribution in [0.1, 0.15) is 17.2 Å². The summed E-state index contributed by atoms with van der Waals surface area (Å²) in [6.07, 6.45) is 3.03. The van der Waals surface area contributed by atoms with Crippen molar-refractivity contribution in [3.05, 3.63) is 71.8 Å². The van der Waals surface area contributed by atoms with E-state index in [1.54, 1.807) is 30.3 Å². The molecular weight excluding hydrogens is 446 g/mol. The SMILES string of the molecule is COc1cc(OCCF)c(F)c(C(Nc2ccc(C(=N)N)cc2)/C(N)=N/Nc2ncccn2)c1. The first-order chi connectivity index (χ1) is 16.4. The normalized spacial score (nSPS) is 12.0. The molecule has 34 heavy (non-hydrogen) atoms. The van der Waals surface area contributed by atoms with Crippen molar-refractivity contribution in [1.29, 1.82) is 5.41 Å². The molecule has 0 amide bonds. The molecule has 0 aliphatic rings. The zero-order chi connectivity index (χ0) is 24.5. The first-order valence-electron chi connectivity index (χ1n) is 10.1. The van der Waals surface area contributed by atoms with Gasteiger partial charge < -0.3 is 26.3 Å². The van der Waals surface area contributed by atoms with Gasteiger partial charge in [-0.1, -0.05) is 0 Å². The molecule has 2 aromatic carbocycles. The zero-order valence-electron chi connectivity index (χ0n) is 18.3. The molecule has 0 saturated carbocycles. The molecule has 0 spiro atoms. The minimum Gasteiger partial charge on any atom is -0.497 e. The maximum absolute atomic E-state index is 15.4. The van der Waals surface area contributed by atoms with Gasteiger partial charge in [0.1, 0.15) is 36.7 Å². The molecule has 0 saturated heterocycles. The summed E-state index contributed by atoms with van der Waals surface area (Å²) in [5.41, 5.74) is 15.5. The Hall–Kier alpha value is -4.48. The van der Waals surface area contributed by atoms with E-state index in [-0.39, 0.29) is 41.3 Å². The van der Waals surface area contributed by atoms with Crippen LogP contribution in [0.3, 0.4) is 0 Å². The van der Waals surface area contributed by atoms with Crippen LogP contribution in [0, 0.1) is 11.2 Å². The number of amidine groups is 2. The van der Waals surface area contributed by atoms with Crippen LogP contribution in [0.15, 0.2) is 60.0 Å². The van der Waals surface area contributed by atoms with Gasteiger partial charge in [-0.3, -0.25) is 5.41 Å². The number of halogens is 2. The van der Waals surface area contributed by atoms with Crippen molar-refractivity contribution in [2.24, 2.45) is 16.6 Å². The number of methoxy groups -OCH3 is 1. The van der Waals surface area contributed by atoms with Crippen LogP contribution in [0.4, 0.5) is 20.4 Å². The molecule has 178 valence electrons. The Morgan fingerprint density at radius 3 is 2.50 bits per heavy atom. The van der Waals surface area contributed by atoms with Gasteiger partial charge >= 0.3 is 0 Å². The molecule has 7 N–H and O–H groups in total. The number of hydrazone groups is 1. The topological polar surface area (TPSA) is 157 Å². The van der Waals surface area contributed by atoms with Crippen molar-refractivity contribution in [3.8, 4) is 11.5 Å². The van der Waals surface area contributed by atoms with Crippen molar-refractivity contribution < 1.29 is 18.3 Å². The summed E-state index contributed by atoms with van der Waals surface area (Å²) in [5.74, 6) is -0.653. The molecule has 0 radical (unpaired) electrons. The highest BCUT2D eigenvalue weighted by Gasteiger charge is 2.25. The second-order valence-corrected chi connectivity index (χ2v) is 6.86. The lowest BCUT2D eigenvalue weighted by Crippen LogP contribution is -2.30. The average molecular weight is 470 g/mol. The molecular formula is C22H24F2N8O2. The van der Waals surface area contributed by atoms with Crippen LogP contribution < -0.4 is 31.7 Å². The van der Waals surface area contributed by atoms with Gasteiger partial charge in [0.25, 0.3) is 0 Å². The molecule has 1 unspecified atom stereocenters. The largest absolute Gasteiger partial charge is 0.497 e. The smallest absolute Gasteiger partial charge is 0.243 e. The van der Waals surface area contributed by atoms with Crippen molar-refractivity contribution in [1.82, 2.24) is 9.97 Å². The van der Waals surface area contributed by atoms with E-state index in [0.29, 0.717) is 11.3 Å². The Kier molecular flexibility index (Phi) is 8.11. The molecule has 0 fully saturated rings. The highest BCUT2D eigenvalue weighted by molar-refractivity contribution is 5.95. The fourth-order valence-electron chi connectivity index (χ4n) is 2.93. The average Bonchev–Trinajstić information content (AvgIpc) is 2.86. The third-order valence-corrected chi connectivity index (χ3v) is 4.58. The van der Waals surface area contributed by atoms with Gasteiger partial charge in [0, 0.05) is 35.3 Å². The third kappa shape index (κ3) is 6.06. The lowest BCUT2D eigenvalue weighted by molar-refractivity contribution is 0.260. The molecule has 12 heteroatoms. The van der Waals surface area contributed by atoms with Gasteiger partial charge in [0.15, 0.2) is 11.6 Å². The van der Waals surface area contributed by atoms with Gasteiger partial charge in [-0.25, -0.2) is 24.2 Å². The Bertz CT molecular complexity index is 1140. The Morgan fingerprint density at radius 2 is 1.88 bits per heavy atom. The number of nitrogen functional groups attached to an aromatic ring is 1. The first-order valence-corrected chi connectivity index (χ1v) is 10.1. The number of benzene rings is 2. The fraction of sp³-hybridized carbons (Fsp3) is 0.182. The van der Waals surface area contributed by atoms with Crippen molar-refractivity contribution in [3.63, 3.8) is 0 Å². The summed E-state index contributed by atoms with van der Waals surface area (Å²) in [7, 11) is 1.41. The minimum atomic E-state index is -1.01. The lowest BCUT2D eigenvalue weighted by atomic mass is 10.0. The van der Waals surface area contributed by atoms with E-state index in [1.807, 2.05) is 0 Å². The highest BCUT2D eigenvalue weighted by Crippen LogP contribution is 2.33. The molecule has 1 heterocycles. The maximum atomic E-state index is 15.4. The van der Waals surface area contributed by atoms with Crippen LogP contribution in [0.5, 0.6) is 11.5 Å². The molecule has 3 rings (SSSR count). The summed E-state index contributed by atoms with van der Waals surface area (Å²) < 4.78 is 38.5. The maximum Gasteiger partial charge on any atom is 0.243 e. The third-order valence-electron chi connectivity index (χ3n) is 4.58. The Morgan fingerprint density at radius 1 is 1.18 bits per heavy atom. The van der Waals surface area contributed by atoms with Crippen LogP contribution >= 0.6 is 0 Å². The minimum absolute atomic E-state index is 0.0425. The summed E-state index contributed by atoms with van der Waals surface area (Å²) in [5, 5.41) is 14.7. The van der Waals surface area contributed by atoms with Gasteiger partial charge in [-0.2, -0.15) is 5.10 Å². The molecule has 1 atom stereocenters. The van der Waals surface area contributed by atoms with Gasteiger partial charge in [-0.15, -0.1) is 0 Å². The highest BCUT2D eigenvalue weighted by atomic mass is 19.1. The van der Waals surface area contributed by atoms with Crippen molar-refractivity contribution in [2.75, 3.05) is 31.1 Å². The molecule has 3 aromatic rings. The number of aromatic nitrogens is 2. The molecule has 1 aromatic heterocycles. The molecule has 0 bridgehead atoms. The van der Waals surface area contributed by atoms with E-state index < -0.39 is 18.5 Å². The monoisotopic (exact) mass is 470 g/mol. The predicted molar refractivity (Wildman–Crippen MR) is 126 cm³/mol. The predicted octanol–water partition coefficient (Wildman–Crippen LogP) is 2.79. The number of ether oxygens (including phenoxy) is 2. The van der Waals surface area contributed by atoms with E-state index in [4.69, 9.17) is 26.4 Å². The zero-order valence-corrected chi connectivity index (χ0v) is 18.3. The first kappa shape index (κ1) is 24.2. The Balaban J connectivity index is 2.02. The molecule has 10 nitrogen and oxygen atoms in total. The lowest BCUT2D eigenvalue weighted by Gasteiger charge is -2.22. The van der Waals surface area contributed by atoms with Crippen LogP contribution in [-0.2, 0) is 0 Å². The quantitative estimate of drug-likeness (QED) is 0.163. The van der Waals surface area contributed by atoms with Gasteiger partial charge in [-0.05, 0) is 36.4 Å². The second kappa shape index (κ2) is 11.4. The number of nitrogens with zero attached hydrogens (tertiary/aromatic N) is 3. The number of nitrogens with one attached hydrogen (secondary N) is 3. The summed E-state index contributed by atoms with van der Waals surface area (Å²) >= 11 is 0. The second-order valence-electron chi connectivity index (χ2n) is 6.86. The standard InChI is InChI=1S/C22H24F2N8O2/c1-33-15-11-16(18(24)17(12-15)34-10-7-23)19(21(27)31-32-22-28-8-2-9-29-22)30-14-5-3-13(4-6-14)20(25)26/h2-6,8-9,11-12,19,30H,7,10H2,1H3,(H3,25,26)(H2,27,31)(H,28,29,32). The number of anilines is 2.